The molecule has 0 radical (unpaired) electrons. The molecule has 1 aromatic heterocycles. The van der Waals surface area contributed by atoms with Gasteiger partial charge in [0.15, 0.2) is 0 Å². The quantitative estimate of drug-likeness (QED) is 0.803. The highest BCUT2D eigenvalue weighted by Crippen LogP contribution is 2.47. The third kappa shape index (κ3) is 2.96. The molecule has 2 unspecified atom stereocenters. The molecule has 23 heavy (non-hydrogen) atoms. The minimum Gasteiger partial charge on any atom is -0.461 e. The molecule has 2 atom stereocenters. The predicted molar refractivity (Wildman–Crippen MR) is 89.8 cm³/mol. The first-order valence-corrected chi connectivity index (χ1v) is 8.34. The van der Waals surface area contributed by atoms with Crippen molar-refractivity contribution in [1.82, 2.24) is 4.90 Å². The molecule has 2 heterocycles. The third-order valence-electron chi connectivity index (χ3n) is 4.95. The summed E-state index contributed by atoms with van der Waals surface area (Å²) in [6.07, 6.45) is 5.56. The van der Waals surface area contributed by atoms with Gasteiger partial charge in [-0.1, -0.05) is 31.2 Å². The Balaban J connectivity index is 1.41. The first kappa shape index (κ1) is 14.3. The standard InChI is InChI=1S/C20H21NO2/c1-14-12-18(14)19-8-6-17(23-19)7-9-20(22)21-11-10-15-4-2-3-5-16(15)13-21/h2-9,14,18H,10-13H2,1H3/b9-7+. The number of amides is 1. The molecule has 118 valence electrons. The van der Waals surface area contributed by atoms with Gasteiger partial charge in [-0.25, -0.2) is 0 Å². The van der Waals surface area contributed by atoms with Crippen molar-refractivity contribution in [2.24, 2.45) is 5.92 Å². The highest BCUT2D eigenvalue weighted by molar-refractivity contribution is 5.91. The monoisotopic (exact) mass is 307 g/mol. The van der Waals surface area contributed by atoms with Crippen LogP contribution < -0.4 is 0 Å². The Morgan fingerprint density at radius 1 is 1.22 bits per heavy atom. The molecule has 1 aliphatic carbocycles. The molecular weight excluding hydrogens is 286 g/mol. The Hall–Kier alpha value is -2.29. The summed E-state index contributed by atoms with van der Waals surface area (Å²) in [5, 5.41) is 0. The van der Waals surface area contributed by atoms with Crippen molar-refractivity contribution in [3.63, 3.8) is 0 Å². The summed E-state index contributed by atoms with van der Waals surface area (Å²) >= 11 is 0. The fourth-order valence-electron chi connectivity index (χ4n) is 3.32. The molecule has 1 saturated carbocycles. The Morgan fingerprint density at radius 3 is 2.78 bits per heavy atom. The Bertz CT molecular complexity index is 759. The van der Waals surface area contributed by atoms with Gasteiger partial charge in [-0.05, 0) is 48.1 Å². The average molecular weight is 307 g/mol. The normalized spacial score (nSPS) is 23.1. The second-order valence-corrected chi connectivity index (χ2v) is 6.67. The Kier molecular flexibility index (Phi) is 3.56. The van der Waals surface area contributed by atoms with Crippen LogP contribution in [-0.4, -0.2) is 17.4 Å². The van der Waals surface area contributed by atoms with E-state index in [-0.39, 0.29) is 5.91 Å². The number of rotatable bonds is 3. The third-order valence-corrected chi connectivity index (χ3v) is 4.95. The molecule has 3 heteroatoms. The minimum atomic E-state index is 0.0530. The molecule has 4 rings (SSSR count). The van der Waals surface area contributed by atoms with E-state index in [1.165, 1.54) is 17.5 Å². The van der Waals surface area contributed by atoms with Crippen LogP contribution >= 0.6 is 0 Å². The number of hydrogen-bond acceptors (Lipinski definition) is 2. The summed E-state index contributed by atoms with van der Waals surface area (Å²) < 4.78 is 5.81. The van der Waals surface area contributed by atoms with Crippen molar-refractivity contribution in [2.75, 3.05) is 6.54 Å². The topological polar surface area (TPSA) is 33.5 Å². The number of carbonyl (C=O) groups is 1. The van der Waals surface area contributed by atoms with E-state index in [9.17, 15) is 4.79 Å². The zero-order valence-electron chi connectivity index (χ0n) is 13.4. The molecule has 3 nitrogen and oxygen atoms in total. The molecule has 1 aliphatic heterocycles. The number of carbonyl (C=O) groups excluding carboxylic acids is 1. The summed E-state index contributed by atoms with van der Waals surface area (Å²) in [5.74, 6) is 3.18. The largest absolute Gasteiger partial charge is 0.461 e. The number of hydrogen-bond donors (Lipinski definition) is 0. The lowest BCUT2D eigenvalue weighted by atomic mass is 10.00. The first-order chi connectivity index (χ1) is 11.2. The van der Waals surface area contributed by atoms with E-state index >= 15 is 0 Å². The van der Waals surface area contributed by atoms with Crippen LogP contribution in [0.15, 0.2) is 46.9 Å². The van der Waals surface area contributed by atoms with Gasteiger partial charge in [-0.15, -0.1) is 0 Å². The van der Waals surface area contributed by atoms with E-state index < -0.39 is 0 Å². The van der Waals surface area contributed by atoms with E-state index in [1.807, 2.05) is 23.1 Å². The van der Waals surface area contributed by atoms with E-state index in [4.69, 9.17) is 4.42 Å². The number of furan rings is 1. The van der Waals surface area contributed by atoms with E-state index in [1.54, 1.807) is 12.2 Å². The Labute approximate surface area is 136 Å². The van der Waals surface area contributed by atoms with Gasteiger partial charge in [-0.3, -0.25) is 4.79 Å². The molecule has 1 aromatic carbocycles. The van der Waals surface area contributed by atoms with Crippen LogP contribution in [0.2, 0.25) is 0 Å². The lowest BCUT2D eigenvalue weighted by Gasteiger charge is -2.27. The molecule has 2 aromatic rings. The first-order valence-electron chi connectivity index (χ1n) is 8.34. The molecule has 0 spiro atoms. The van der Waals surface area contributed by atoms with Crippen LogP contribution in [0.25, 0.3) is 6.08 Å². The molecule has 1 fully saturated rings. The summed E-state index contributed by atoms with van der Waals surface area (Å²) in [4.78, 5) is 14.3. The fourth-order valence-corrected chi connectivity index (χ4v) is 3.32. The van der Waals surface area contributed by atoms with Gasteiger partial charge in [0.25, 0.3) is 0 Å². The van der Waals surface area contributed by atoms with Crippen LogP contribution in [0.5, 0.6) is 0 Å². The van der Waals surface area contributed by atoms with Crippen molar-refractivity contribution < 1.29 is 9.21 Å². The molecular formula is C20H21NO2. The van der Waals surface area contributed by atoms with Crippen LogP contribution in [-0.2, 0) is 17.8 Å². The SMILES string of the molecule is CC1CC1c1ccc(/C=C/C(=O)N2CCc3ccccc3C2)o1. The highest BCUT2D eigenvalue weighted by atomic mass is 16.3. The average Bonchev–Trinajstić information content (AvgIpc) is 3.12. The highest BCUT2D eigenvalue weighted by Gasteiger charge is 2.36. The summed E-state index contributed by atoms with van der Waals surface area (Å²) in [5.41, 5.74) is 2.61. The van der Waals surface area contributed by atoms with Gasteiger partial charge in [0.2, 0.25) is 5.91 Å². The van der Waals surface area contributed by atoms with Gasteiger partial charge in [0.1, 0.15) is 11.5 Å². The molecule has 1 amide bonds. The van der Waals surface area contributed by atoms with Gasteiger partial charge >= 0.3 is 0 Å². The summed E-state index contributed by atoms with van der Waals surface area (Å²) in [6, 6.07) is 12.3. The van der Waals surface area contributed by atoms with Crippen molar-refractivity contribution in [2.45, 2.75) is 32.2 Å². The second kappa shape index (κ2) is 5.73. The maximum Gasteiger partial charge on any atom is 0.246 e. The zero-order valence-corrected chi connectivity index (χ0v) is 13.4. The van der Waals surface area contributed by atoms with Crippen molar-refractivity contribution >= 4 is 12.0 Å². The lowest BCUT2D eigenvalue weighted by Crippen LogP contribution is -2.34. The molecule has 2 aliphatic rings. The van der Waals surface area contributed by atoms with Crippen LogP contribution in [0, 0.1) is 5.92 Å². The fraction of sp³-hybridized carbons (Fsp3) is 0.350. The lowest BCUT2D eigenvalue weighted by molar-refractivity contribution is -0.126. The number of benzene rings is 1. The van der Waals surface area contributed by atoms with Gasteiger partial charge in [-0.2, -0.15) is 0 Å². The zero-order chi connectivity index (χ0) is 15.8. The Morgan fingerprint density at radius 2 is 2.00 bits per heavy atom. The van der Waals surface area contributed by atoms with E-state index in [2.05, 4.69) is 25.1 Å². The predicted octanol–water partition coefficient (Wildman–Crippen LogP) is 4.00. The summed E-state index contributed by atoms with van der Waals surface area (Å²) in [6.45, 7) is 3.71. The van der Waals surface area contributed by atoms with Crippen molar-refractivity contribution in [3.05, 3.63) is 65.1 Å². The van der Waals surface area contributed by atoms with Gasteiger partial charge < -0.3 is 9.32 Å². The molecule has 0 bridgehead atoms. The van der Waals surface area contributed by atoms with E-state index in [0.29, 0.717) is 12.5 Å². The molecule has 0 saturated heterocycles. The molecule has 0 N–H and O–H groups in total. The second-order valence-electron chi connectivity index (χ2n) is 6.67. The van der Waals surface area contributed by atoms with Gasteiger partial charge in [0.05, 0.1) is 0 Å². The summed E-state index contributed by atoms with van der Waals surface area (Å²) in [7, 11) is 0. The minimum absolute atomic E-state index is 0.0530. The van der Waals surface area contributed by atoms with Crippen molar-refractivity contribution in [1.29, 1.82) is 0 Å². The van der Waals surface area contributed by atoms with Gasteiger partial charge in [0, 0.05) is 25.1 Å². The maximum atomic E-state index is 12.4. The van der Waals surface area contributed by atoms with Crippen LogP contribution in [0.3, 0.4) is 0 Å². The van der Waals surface area contributed by atoms with Crippen LogP contribution in [0.4, 0.5) is 0 Å². The number of fused-ring (bicyclic) bond motifs is 1. The smallest absolute Gasteiger partial charge is 0.246 e. The number of nitrogens with zero attached hydrogens (tertiary/aromatic N) is 1. The van der Waals surface area contributed by atoms with E-state index in [0.717, 1.165) is 30.4 Å². The maximum absolute atomic E-state index is 12.4. The van der Waals surface area contributed by atoms with Crippen molar-refractivity contribution in [3.8, 4) is 0 Å². The van der Waals surface area contributed by atoms with Crippen LogP contribution in [0.1, 0.15) is 41.9 Å².